The van der Waals surface area contributed by atoms with Gasteiger partial charge >= 0.3 is 11.8 Å². The molecule has 0 heterocycles. The molecule has 0 aliphatic heterocycles. The van der Waals surface area contributed by atoms with E-state index in [0.717, 1.165) is 25.7 Å². The SMILES string of the molecule is COc1cccc(C=NNC(=O)C(=O)Nc2ccccc2C(=O)NC2CCCCC2)c1. The molecule has 0 spiro atoms. The summed E-state index contributed by atoms with van der Waals surface area (Å²) in [5.41, 5.74) is 3.46. The second kappa shape index (κ2) is 10.9. The van der Waals surface area contributed by atoms with E-state index in [9.17, 15) is 14.4 Å². The fourth-order valence-corrected chi connectivity index (χ4v) is 3.42. The molecule has 0 radical (unpaired) electrons. The van der Waals surface area contributed by atoms with E-state index in [1.807, 2.05) is 0 Å². The first-order chi connectivity index (χ1) is 15.1. The third-order valence-corrected chi connectivity index (χ3v) is 5.04. The van der Waals surface area contributed by atoms with Gasteiger partial charge in [0.1, 0.15) is 5.75 Å². The normalized spacial score (nSPS) is 14.1. The lowest BCUT2D eigenvalue weighted by molar-refractivity contribution is -0.136. The molecule has 162 valence electrons. The number of carbonyl (C=O) groups is 3. The van der Waals surface area contributed by atoms with Crippen molar-refractivity contribution < 1.29 is 19.1 Å². The Bertz CT molecular complexity index is 968. The fraction of sp³-hybridized carbons (Fsp3) is 0.304. The summed E-state index contributed by atoms with van der Waals surface area (Å²) in [6, 6.07) is 13.8. The number of nitrogens with zero attached hydrogens (tertiary/aromatic N) is 1. The van der Waals surface area contributed by atoms with Gasteiger partial charge in [0.2, 0.25) is 0 Å². The van der Waals surface area contributed by atoms with Crippen LogP contribution < -0.4 is 20.8 Å². The standard InChI is InChI=1S/C23H26N4O4/c1-31-18-11-7-8-16(14-18)15-24-27-23(30)22(29)26-20-13-6-5-12-19(20)21(28)25-17-9-3-2-4-10-17/h5-8,11-15,17H,2-4,9-10H2,1H3,(H,25,28)(H,26,29)(H,27,30). The van der Waals surface area contributed by atoms with Crippen LogP contribution in [-0.4, -0.2) is 37.1 Å². The van der Waals surface area contributed by atoms with Crippen LogP contribution in [0.1, 0.15) is 48.0 Å². The summed E-state index contributed by atoms with van der Waals surface area (Å²) < 4.78 is 5.12. The van der Waals surface area contributed by atoms with Gasteiger partial charge in [-0.1, -0.05) is 43.5 Å². The summed E-state index contributed by atoms with van der Waals surface area (Å²) in [7, 11) is 1.55. The number of hydrazone groups is 1. The largest absolute Gasteiger partial charge is 0.497 e. The minimum absolute atomic E-state index is 0.138. The molecule has 2 aromatic rings. The number of ether oxygens (including phenoxy) is 1. The number of hydrogen-bond acceptors (Lipinski definition) is 5. The van der Waals surface area contributed by atoms with Crippen molar-refractivity contribution in [3.63, 3.8) is 0 Å². The molecule has 1 aliphatic rings. The molecule has 3 rings (SSSR count). The van der Waals surface area contributed by atoms with E-state index in [2.05, 4.69) is 21.2 Å². The Kier molecular flexibility index (Phi) is 7.75. The summed E-state index contributed by atoms with van der Waals surface area (Å²) in [5, 5.41) is 9.30. The molecule has 1 fully saturated rings. The molecule has 0 aromatic heterocycles. The number of rotatable bonds is 6. The highest BCUT2D eigenvalue weighted by Gasteiger charge is 2.20. The van der Waals surface area contributed by atoms with Crippen molar-refractivity contribution >= 4 is 29.6 Å². The van der Waals surface area contributed by atoms with Crippen LogP contribution in [0.3, 0.4) is 0 Å². The summed E-state index contributed by atoms with van der Waals surface area (Å²) in [6.07, 6.45) is 6.69. The van der Waals surface area contributed by atoms with Crippen LogP contribution in [0.4, 0.5) is 5.69 Å². The molecule has 3 N–H and O–H groups in total. The first kappa shape index (κ1) is 22.0. The fourth-order valence-electron chi connectivity index (χ4n) is 3.42. The Labute approximate surface area is 181 Å². The Hall–Kier alpha value is -3.68. The molecule has 8 nitrogen and oxygen atoms in total. The minimum atomic E-state index is -0.943. The average molecular weight is 422 g/mol. The van der Waals surface area contributed by atoms with Crippen molar-refractivity contribution in [2.24, 2.45) is 5.10 Å². The van der Waals surface area contributed by atoms with Gasteiger partial charge in [-0.25, -0.2) is 5.43 Å². The monoisotopic (exact) mass is 422 g/mol. The van der Waals surface area contributed by atoms with E-state index in [-0.39, 0.29) is 17.6 Å². The lowest BCUT2D eigenvalue weighted by atomic mass is 9.95. The number of para-hydroxylation sites is 1. The van der Waals surface area contributed by atoms with Gasteiger partial charge in [-0.15, -0.1) is 0 Å². The van der Waals surface area contributed by atoms with Crippen LogP contribution in [0.25, 0.3) is 0 Å². The number of hydrogen-bond donors (Lipinski definition) is 3. The Morgan fingerprint density at radius 3 is 2.55 bits per heavy atom. The van der Waals surface area contributed by atoms with Gasteiger partial charge in [0.05, 0.1) is 24.6 Å². The minimum Gasteiger partial charge on any atom is -0.497 e. The summed E-state index contributed by atoms with van der Waals surface area (Å²) in [5.74, 6) is -1.47. The molecular formula is C23H26N4O4. The second-order valence-electron chi connectivity index (χ2n) is 7.28. The van der Waals surface area contributed by atoms with E-state index in [4.69, 9.17) is 4.74 Å². The number of carbonyl (C=O) groups excluding carboxylic acids is 3. The van der Waals surface area contributed by atoms with E-state index >= 15 is 0 Å². The number of anilines is 1. The summed E-state index contributed by atoms with van der Waals surface area (Å²) in [6.45, 7) is 0. The smallest absolute Gasteiger partial charge is 0.329 e. The second-order valence-corrected chi connectivity index (χ2v) is 7.28. The summed E-state index contributed by atoms with van der Waals surface area (Å²) in [4.78, 5) is 37.0. The number of nitrogens with one attached hydrogen (secondary N) is 3. The molecule has 8 heteroatoms. The highest BCUT2D eigenvalue weighted by Crippen LogP contribution is 2.20. The van der Waals surface area contributed by atoms with Gasteiger partial charge in [-0.3, -0.25) is 14.4 Å². The molecule has 3 amide bonds. The van der Waals surface area contributed by atoms with Gasteiger partial charge in [0, 0.05) is 6.04 Å². The Morgan fingerprint density at radius 2 is 1.77 bits per heavy atom. The van der Waals surface area contributed by atoms with Crippen LogP contribution >= 0.6 is 0 Å². The van der Waals surface area contributed by atoms with Gasteiger partial charge in [-0.05, 0) is 42.7 Å². The number of methoxy groups -OCH3 is 1. The van der Waals surface area contributed by atoms with Crippen LogP contribution in [0.5, 0.6) is 5.75 Å². The van der Waals surface area contributed by atoms with Crippen molar-refractivity contribution in [1.82, 2.24) is 10.7 Å². The molecule has 2 aromatic carbocycles. The molecular weight excluding hydrogens is 396 g/mol. The van der Waals surface area contributed by atoms with E-state index < -0.39 is 11.8 Å². The summed E-state index contributed by atoms with van der Waals surface area (Å²) >= 11 is 0. The predicted molar refractivity (Wildman–Crippen MR) is 118 cm³/mol. The maximum Gasteiger partial charge on any atom is 0.329 e. The van der Waals surface area contributed by atoms with E-state index in [0.29, 0.717) is 16.9 Å². The first-order valence-corrected chi connectivity index (χ1v) is 10.2. The number of amides is 3. The van der Waals surface area contributed by atoms with Crippen molar-refractivity contribution in [2.45, 2.75) is 38.1 Å². The van der Waals surface area contributed by atoms with Crippen LogP contribution in [0.15, 0.2) is 53.6 Å². The van der Waals surface area contributed by atoms with Crippen LogP contribution in [-0.2, 0) is 9.59 Å². The highest BCUT2D eigenvalue weighted by molar-refractivity contribution is 6.40. The maximum atomic E-state index is 12.7. The third kappa shape index (κ3) is 6.40. The zero-order valence-electron chi connectivity index (χ0n) is 17.4. The maximum absolute atomic E-state index is 12.7. The van der Waals surface area contributed by atoms with Gasteiger partial charge in [-0.2, -0.15) is 5.10 Å². The quantitative estimate of drug-likeness (QED) is 0.378. The van der Waals surface area contributed by atoms with Gasteiger partial charge < -0.3 is 15.4 Å². The van der Waals surface area contributed by atoms with Crippen LogP contribution in [0, 0.1) is 0 Å². The third-order valence-electron chi connectivity index (χ3n) is 5.04. The average Bonchev–Trinajstić information content (AvgIpc) is 2.80. The molecule has 0 saturated heterocycles. The Morgan fingerprint density at radius 1 is 1.00 bits per heavy atom. The van der Waals surface area contributed by atoms with Crippen molar-refractivity contribution in [3.05, 3.63) is 59.7 Å². The molecule has 0 atom stereocenters. The molecule has 1 saturated carbocycles. The molecule has 0 bridgehead atoms. The molecule has 31 heavy (non-hydrogen) atoms. The molecule has 0 unspecified atom stereocenters. The van der Waals surface area contributed by atoms with Crippen LogP contribution in [0.2, 0.25) is 0 Å². The zero-order valence-corrected chi connectivity index (χ0v) is 17.4. The topological polar surface area (TPSA) is 109 Å². The van der Waals surface area contributed by atoms with Crippen molar-refractivity contribution in [3.8, 4) is 5.75 Å². The number of benzene rings is 2. The highest BCUT2D eigenvalue weighted by atomic mass is 16.5. The van der Waals surface area contributed by atoms with Crippen molar-refractivity contribution in [2.75, 3.05) is 12.4 Å². The Balaban J connectivity index is 1.58. The molecule has 1 aliphatic carbocycles. The lowest BCUT2D eigenvalue weighted by Crippen LogP contribution is -2.37. The van der Waals surface area contributed by atoms with E-state index in [1.165, 1.54) is 12.6 Å². The first-order valence-electron chi connectivity index (χ1n) is 10.2. The van der Waals surface area contributed by atoms with Gasteiger partial charge in [0.25, 0.3) is 5.91 Å². The predicted octanol–water partition coefficient (Wildman–Crippen LogP) is 2.85. The lowest BCUT2D eigenvalue weighted by Gasteiger charge is -2.23. The van der Waals surface area contributed by atoms with E-state index in [1.54, 1.807) is 55.6 Å². The van der Waals surface area contributed by atoms with Crippen molar-refractivity contribution in [1.29, 1.82) is 0 Å². The zero-order chi connectivity index (χ0) is 22.1. The van der Waals surface area contributed by atoms with Gasteiger partial charge in [0.15, 0.2) is 0 Å².